The van der Waals surface area contributed by atoms with E-state index < -0.39 is 0 Å². The van der Waals surface area contributed by atoms with Crippen molar-refractivity contribution in [2.45, 2.75) is 9.92 Å². The molecular weight excluding hydrogens is 347 g/mol. The Morgan fingerprint density at radius 2 is 1.48 bits per heavy atom. The number of halogens is 2. The van der Waals surface area contributed by atoms with Crippen molar-refractivity contribution in [1.29, 1.82) is 5.26 Å². The van der Waals surface area contributed by atoms with Gasteiger partial charge in [0.1, 0.15) is 11.1 Å². The zero-order valence-electron chi connectivity index (χ0n) is 11.8. The first kappa shape index (κ1) is 15.9. The average molecular weight is 357 g/mol. The minimum Gasteiger partial charge on any atom is -0.248 e. The highest BCUT2D eigenvalue weighted by molar-refractivity contribution is 7.99. The van der Waals surface area contributed by atoms with Crippen LogP contribution < -0.4 is 0 Å². The maximum atomic E-state index is 9.41. The van der Waals surface area contributed by atoms with E-state index in [-0.39, 0.29) is 0 Å². The Labute approximate surface area is 148 Å². The lowest BCUT2D eigenvalue weighted by molar-refractivity contribution is 1.11. The van der Waals surface area contributed by atoms with Crippen LogP contribution in [-0.4, -0.2) is 4.98 Å². The number of nitriles is 1. The summed E-state index contributed by atoms with van der Waals surface area (Å²) < 4.78 is 0. The molecule has 3 aromatic rings. The van der Waals surface area contributed by atoms with Gasteiger partial charge in [-0.2, -0.15) is 5.26 Å². The fourth-order valence-corrected chi connectivity index (χ4v) is 3.10. The Balaban J connectivity index is 1.92. The number of nitrogens with zero attached hydrogens (tertiary/aromatic N) is 2. The molecule has 0 N–H and O–H groups in total. The molecule has 112 valence electrons. The fourth-order valence-electron chi connectivity index (χ4n) is 2.03. The topological polar surface area (TPSA) is 36.7 Å². The molecule has 23 heavy (non-hydrogen) atoms. The molecule has 0 radical (unpaired) electrons. The molecule has 0 saturated heterocycles. The highest BCUT2D eigenvalue weighted by Gasteiger charge is 2.09. The number of benzene rings is 2. The van der Waals surface area contributed by atoms with Gasteiger partial charge in [-0.15, -0.1) is 0 Å². The molecule has 2 nitrogen and oxygen atoms in total. The first-order chi connectivity index (χ1) is 11.2. The van der Waals surface area contributed by atoms with Gasteiger partial charge in [-0.05, 0) is 48.0 Å². The van der Waals surface area contributed by atoms with Crippen molar-refractivity contribution in [3.63, 3.8) is 0 Å². The fraction of sp³-hybridized carbons (Fsp3) is 0. The summed E-state index contributed by atoms with van der Waals surface area (Å²) >= 11 is 13.2. The summed E-state index contributed by atoms with van der Waals surface area (Å²) in [5.74, 6) is 0. The van der Waals surface area contributed by atoms with E-state index in [4.69, 9.17) is 23.2 Å². The van der Waals surface area contributed by atoms with Crippen molar-refractivity contribution in [3.8, 4) is 17.2 Å². The maximum Gasteiger partial charge on any atom is 0.119 e. The zero-order valence-corrected chi connectivity index (χ0v) is 14.2. The molecule has 0 atom stereocenters. The molecular formula is C18H10Cl2N2S. The van der Waals surface area contributed by atoms with Crippen molar-refractivity contribution in [2.24, 2.45) is 0 Å². The van der Waals surface area contributed by atoms with Crippen LogP contribution in [0.5, 0.6) is 0 Å². The van der Waals surface area contributed by atoms with E-state index in [1.54, 1.807) is 6.20 Å². The predicted octanol–water partition coefficient (Wildman–Crippen LogP) is 6.08. The van der Waals surface area contributed by atoms with E-state index in [0.717, 1.165) is 16.0 Å². The second-order valence-electron chi connectivity index (χ2n) is 4.75. The third-order valence-electron chi connectivity index (χ3n) is 3.18. The molecule has 0 aliphatic heterocycles. The van der Waals surface area contributed by atoms with Gasteiger partial charge in [-0.25, -0.2) is 4.98 Å². The smallest absolute Gasteiger partial charge is 0.119 e. The molecule has 0 aliphatic rings. The summed E-state index contributed by atoms with van der Waals surface area (Å²) in [6.07, 6.45) is 1.77. The minimum absolute atomic E-state index is 0.539. The SMILES string of the molecule is N#Cc1cc(-c2ccc(Cl)cc2)cnc1Sc1ccc(Cl)cc1. The first-order valence-electron chi connectivity index (χ1n) is 6.75. The van der Waals surface area contributed by atoms with Crippen molar-refractivity contribution in [3.05, 3.63) is 76.4 Å². The maximum absolute atomic E-state index is 9.41. The Morgan fingerprint density at radius 3 is 2.09 bits per heavy atom. The molecule has 0 amide bonds. The normalized spacial score (nSPS) is 10.3. The molecule has 1 heterocycles. The Morgan fingerprint density at radius 1 is 0.870 bits per heavy atom. The third kappa shape index (κ3) is 3.86. The molecule has 0 spiro atoms. The monoisotopic (exact) mass is 356 g/mol. The van der Waals surface area contributed by atoms with Gasteiger partial charge in [-0.1, -0.05) is 47.1 Å². The van der Waals surface area contributed by atoms with Crippen LogP contribution in [0.2, 0.25) is 10.0 Å². The van der Waals surface area contributed by atoms with Crippen LogP contribution >= 0.6 is 35.0 Å². The van der Waals surface area contributed by atoms with Gasteiger partial charge in [0.15, 0.2) is 0 Å². The van der Waals surface area contributed by atoms with Crippen molar-refractivity contribution in [2.75, 3.05) is 0 Å². The van der Waals surface area contributed by atoms with Gasteiger partial charge in [0, 0.05) is 26.7 Å². The first-order valence-corrected chi connectivity index (χ1v) is 8.32. The summed E-state index contributed by atoms with van der Waals surface area (Å²) in [4.78, 5) is 5.42. The Bertz CT molecular complexity index is 869. The van der Waals surface area contributed by atoms with E-state index in [1.165, 1.54) is 11.8 Å². The molecule has 0 bridgehead atoms. The lowest BCUT2D eigenvalue weighted by Crippen LogP contribution is -1.89. The molecule has 3 rings (SSSR count). The highest BCUT2D eigenvalue weighted by Crippen LogP contribution is 2.31. The van der Waals surface area contributed by atoms with Crippen molar-refractivity contribution >= 4 is 35.0 Å². The van der Waals surface area contributed by atoms with E-state index in [2.05, 4.69) is 11.1 Å². The summed E-state index contributed by atoms with van der Waals surface area (Å²) in [5, 5.41) is 11.4. The van der Waals surface area contributed by atoms with E-state index in [9.17, 15) is 5.26 Å². The van der Waals surface area contributed by atoms with Gasteiger partial charge >= 0.3 is 0 Å². The van der Waals surface area contributed by atoms with Crippen LogP contribution in [0.15, 0.2) is 70.7 Å². The molecule has 0 fully saturated rings. The number of rotatable bonds is 3. The van der Waals surface area contributed by atoms with Crippen LogP contribution in [0.4, 0.5) is 0 Å². The standard InChI is InChI=1S/C18H10Cl2N2S/c19-15-3-1-12(2-4-15)14-9-13(10-21)18(22-11-14)23-17-7-5-16(20)6-8-17/h1-9,11H. The summed E-state index contributed by atoms with van der Waals surface area (Å²) in [6.45, 7) is 0. The van der Waals surface area contributed by atoms with Gasteiger partial charge in [-0.3, -0.25) is 0 Å². The largest absolute Gasteiger partial charge is 0.248 e. The van der Waals surface area contributed by atoms with E-state index >= 15 is 0 Å². The second-order valence-corrected chi connectivity index (χ2v) is 6.69. The van der Waals surface area contributed by atoms with Crippen LogP contribution in [0.25, 0.3) is 11.1 Å². The van der Waals surface area contributed by atoms with Crippen LogP contribution in [-0.2, 0) is 0 Å². The van der Waals surface area contributed by atoms with Crippen LogP contribution in [0.3, 0.4) is 0 Å². The lowest BCUT2D eigenvalue weighted by Gasteiger charge is -2.06. The Kier molecular flexibility index (Phi) is 4.88. The number of aromatic nitrogens is 1. The summed E-state index contributed by atoms with van der Waals surface area (Å²) in [6, 6.07) is 19.0. The molecule has 0 aliphatic carbocycles. The molecule has 2 aromatic carbocycles. The molecule has 0 saturated carbocycles. The van der Waals surface area contributed by atoms with Gasteiger partial charge in [0.2, 0.25) is 0 Å². The zero-order chi connectivity index (χ0) is 16.2. The third-order valence-corrected chi connectivity index (χ3v) is 4.71. The average Bonchev–Trinajstić information content (AvgIpc) is 2.58. The van der Waals surface area contributed by atoms with Crippen LogP contribution in [0, 0.1) is 11.3 Å². The van der Waals surface area contributed by atoms with Crippen molar-refractivity contribution < 1.29 is 0 Å². The predicted molar refractivity (Wildman–Crippen MR) is 95.0 cm³/mol. The summed E-state index contributed by atoms with van der Waals surface area (Å²) in [5.41, 5.74) is 2.40. The molecule has 0 unspecified atom stereocenters. The molecule has 1 aromatic heterocycles. The lowest BCUT2D eigenvalue weighted by atomic mass is 10.1. The minimum atomic E-state index is 0.539. The van der Waals surface area contributed by atoms with Crippen LogP contribution in [0.1, 0.15) is 5.56 Å². The molecule has 5 heteroatoms. The van der Waals surface area contributed by atoms with E-state index in [0.29, 0.717) is 20.6 Å². The van der Waals surface area contributed by atoms with Gasteiger partial charge in [0.25, 0.3) is 0 Å². The van der Waals surface area contributed by atoms with Gasteiger partial charge in [0.05, 0.1) is 5.56 Å². The van der Waals surface area contributed by atoms with E-state index in [1.807, 2.05) is 54.6 Å². The number of hydrogen-bond donors (Lipinski definition) is 0. The number of pyridine rings is 1. The second kappa shape index (κ2) is 7.06. The highest BCUT2D eigenvalue weighted by atomic mass is 35.5. The van der Waals surface area contributed by atoms with Crippen molar-refractivity contribution in [1.82, 2.24) is 4.98 Å². The number of hydrogen-bond acceptors (Lipinski definition) is 3. The van der Waals surface area contributed by atoms with Gasteiger partial charge < -0.3 is 0 Å². The Hall–Kier alpha value is -1.99. The summed E-state index contributed by atoms with van der Waals surface area (Å²) in [7, 11) is 0. The quantitative estimate of drug-likeness (QED) is 0.570.